The maximum Gasteiger partial charge on any atom is 0.416 e. The van der Waals surface area contributed by atoms with Gasteiger partial charge in [0.2, 0.25) is 0 Å². The summed E-state index contributed by atoms with van der Waals surface area (Å²) in [4.78, 5) is 11.8. The van der Waals surface area contributed by atoms with Crippen LogP contribution in [0.2, 0.25) is 0 Å². The molecule has 7 heteroatoms. The van der Waals surface area contributed by atoms with Crippen molar-refractivity contribution in [2.24, 2.45) is 5.10 Å². The Kier molecular flexibility index (Phi) is 6.60. The molecule has 0 aromatic heterocycles. The number of benzene rings is 2. The topological polar surface area (TPSA) is 50.7 Å². The van der Waals surface area contributed by atoms with Gasteiger partial charge in [-0.05, 0) is 53.8 Å². The van der Waals surface area contributed by atoms with E-state index in [2.05, 4.69) is 24.4 Å². The van der Waals surface area contributed by atoms with E-state index >= 15 is 0 Å². The van der Waals surface area contributed by atoms with Gasteiger partial charge in [0.05, 0.1) is 11.8 Å². The first-order valence-corrected chi connectivity index (χ1v) is 8.39. The number of rotatable bonds is 6. The molecule has 0 fully saturated rings. The van der Waals surface area contributed by atoms with Crippen molar-refractivity contribution in [2.75, 3.05) is 6.61 Å². The lowest BCUT2D eigenvalue weighted by atomic mass is 9.98. The fraction of sp³-hybridized carbons (Fsp3) is 0.300. The van der Waals surface area contributed by atoms with E-state index in [1.807, 2.05) is 19.1 Å². The van der Waals surface area contributed by atoms with Crippen LogP contribution in [0.1, 0.15) is 42.0 Å². The van der Waals surface area contributed by atoms with Gasteiger partial charge in [0.1, 0.15) is 5.75 Å². The lowest BCUT2D eigenvalue weighted by Gasteiger charge is -2.12. The molecule has 2 aromatic carbocycles. The van der Waals surface area contributed by atoms with Crippen LogP contribution >= 0.6 is 0 Å². The minimum Gasteiger partial charge on any atom is -0.484 e. The van der Waals surface area contributed by atoms with Crippen LogP contribution in [-0.4, -0.2) is 18.7 Å². The van der Waals surface area contributed by atoms with Gasteiger partial charge < -0.3 is 4.74 Å². The van der Waals surface area contributed by atoms with Gasteiger partial charge in [-0.15, -0.1) is 0 Å². The Morgan fingerprint density at radius 2 is 1.85 bits per heavy atom. The number of halogens is 3. The second kappa shape index (κ2) is 8.70. The molecule has 0 saturated carbocycles. The van der Waals surface area contributed by atoms with E-state index in [0.29, 0.717) is 17.2 Å². The Balaban J connectivity index is 1.84. The predicted octanol–water partition coefficient (Wildman–Crippen LogP) is 4.67. The molecule has 0 aliphatic rings. The summed E-state index contributed by atoms with van der Waals surface area (Å²) in [5, 5.41) is 3.71. The number of hydrogen-bond acceptors (Lipinski definition) is 3. The lowest BCUT2D eigenvalue weighted by molar-refractivity contribution is -0.137. The molecular weight excluding hydrogens is 357 g/mol. The smallest absolute Gasteiger partial charge is 0.416 e. The Morgan fingerprint density at radius 3 is 2.41 bits per heavy atom. The number of aryl methyl sites for hydroxylation is 1. The molecule has 0 radical (unpaired) electrons. The summed E-state index contributed by atoms with van der Waals surface area (Å²) in [5.74, 6) is 0.518. The highest BCUT2D eigenvalue weighted by Gasteiger charge is 2.29. The predicted molar refractivity (Wildman–Crippen MR) is 97.9 cm³/mol. The van der Waals surface area contributed by atoms with E-state index in [1.54, 1.807) is 6.07 Å². The number of ether oxygens (including phenoxy) is 1. The van der Waals surface area contributed by atoms with E-state index in [9.17, 15) is 18.0 Å². The summed E-state index contributed by atoms with van der Waals surface area (Å²) in [6.07, 6.45) is -3.12. The van der Waals surface area contributed by atoms with Crippen molar-refractivity contribution in [3.05, 3.63) is 64.7 Å². The number of carbonyl (C=O) groups excluding carboxylic acids is 1. The Morgan fingerprint density at radius 1 is 1.19 bits per heavy atom. The van der Waals surface area contributed by atoms with Crippen LogP contribution in [0.5, 0.6) is 5.75 Å². The molecular formula is C20H21F3N2O2. The Labute approximate surface area is 156 Å². The normalized spacial score (nSPS) is 11.8. The summed E-state index contributed by atoms with van der Waals surface area (Å²) in [5.41, 5.74) is 4.27. The Bertz CT molecular complexity index is 813. The van der Waals surface area contributed by atoms with Crippen LogP contribution in [-0.2, 0) is 11.0 Å². The maximum atomic E-state index is 12.5. The molecule has 0 unspecified atom stereocenters. The molecule has 27 heavy (non-hydrogen) atoms. The van der Waals surface area contributed by atoms with E-state index in [1.165, 1.54) is 23.9 Å². The average molecular weight is 378 g/mol. The van der Waals surface area contributed by atoms with Crippen LogP contribution in [0.4, 0.5) is 13.2 Å². The molecule has 2 aromatic rings. The van der Waals surface area contributed by atoms with Gasteiger partial charge in [-0.2, -0.15) is 18.3 Å². The highest BCUT2D eigenvalue weighted by atomic mass is 19.4. The minimum atomic E-state index is -4.38. The molecule has 1 N–H and O–H groups in total. The molecule has 2 rings (SSSR count). The average Bonchev–Trinajstić information content (AvgIpc) is 2.59. The van der Waals surface area contributed by atoms with Gasteiger partial charge in [0.15, 0.2) is 6.61 Å². The molecule has 1 amide bonds. The van der Waals surface area contributed by atoms with Crippen molar-refractivity contribution in [2.45, 2.75) is 32.9 Å². The maximum absolute atomic E-state index is 12.5. The third-order valence-electron chi connectivity index (χ3n) is 3.87. The monoisotopic (exact) mass is 378 g/mol. The van der Waals surface area contributed by atoms with Gasteiger partial charge in [0.25, 0.3) is 5.91 Å². The van der Waals surface area contributed by atoms with Crippen molar-refractivity contribution in [3.8, 4) is 5.75 Å². The summed E-state index contributed by atoms with van der Waals surface area (Å²) in [7, 11) is 0. The standard InChI is InChI=1S/C20H21F3N2O2/c1-13(2)18-9-8-17(10-14(18)3)27-12-19(26)25-24-11-15-4-6-16(7-5-15)20(21,22)23/h4-11,13H,12H2,1-3H3,(H,25,26)/b24-11+. The molecule has 144 valence electrons. The second-order valence-electron chi connectivity index (χ2n) is 6.37. The van der Waals surface area contributed by atoms with Crippen LogP contribution < -0.4 is 10.2 Å². The van der Waals surface area contributed by atoms with Gasteiger partial charge >= 0.3 is 6.18 Å². The first-order valence-electron chi connectivity index (χ1n) is 8.39. The van der Waals surface area contributed by atoms with Crippen molar-refractivity contribution in [3.63, 3.8) is 0 Å². The second-order valence-corrected chi connectivity index (χ2v) is 6.37. The quantitative estimate of drug-likeness (QED) is 0.587. The molecule has 0 spiro atoms. The third kappa shape index (κ3) is 6.13. The van der Waals surface area contributed by atoms with Crippen LogP contribution in [0, 0.1) is 6.92 Å². The summed E-state index contributed by atoms with van der Waals surface area (Å²) >= 11 is 0. The van der Waals surface area contributed by atoms with Gasteiger partial charge in [-0.25, -0.2) is 5.43 Å². The van der Waals surface area contributed by atoms with Crippen molar-refractivity contribution in [1.29, 1.82) is 0 Å². The number of hydrogen-bond donors (Lipinski definition) is 1. The van der Waals surface area contributed by atoms with Crippen molar-refractivity contribution < 1.29 is 22.7 Å². The summed E-state index contributed by atoms with van der Waals surface area (Å²) in [6.45, 7) is 5.97. The van der Waals surface area contributed by atoms with Gasteiger partial charge in [0, 0.05) is 0 Å². The number of hydrazone groups is 1. The number of alkyl halides is 3. The molecule has 0 saturated heterocycles. The SMILES string of the molecule is Cc1cc(OCC(=O)N/N=C/c2ccc(C(F)(F)F)cc2)ccc1C(C)C. The van der Waals surface area contributed by atoms with Crippen molar-refractivity contribution >= 4 is 12.1 Å². The molecule has 0 aliphatic carbocycles. The molecule has 0 atom stereocenters. The molecule has 4 nitrogen and oxygen atoms in total. The highest BCUT2D eigenvalue weighted by molar-refractivity contribution is 5.82. The number of amides is 1. The zero-order valence-corrected chi connectivity index (χ0v) is 15.3. The first kappa shape index (κ1) is 20.5. The third-order valence-corrected chi connectivity index (χ3v) is 3.87. The zero-order valence-electron chi connectivity index (χ0n) is 15.3. The van der Waals surface area contributed by atoms with E-state index in [-0.39, 0.29) is 6.61 Å². The van der Waals surface area contributed by atoms with Gasteiger partial charge in [-0.1, -0.05) is 32.0 Å². The van der Waals surface area contributed by atoms with Crippen molar-refractivity contribution in [1.82, 2.24) is 5.43 Å². The fourth-order valence-corrected chi connectivity index (χ4v) is 2.50. The molecule has 0 heterocycles. The van der Waals surface area contributed by atoms with E-state index in [4.69, 9.17) is 4.74 Å². The van der Waals surface area contributed by atoms with Crippen LogP contribution in [0.15, 0.2) is 47.6 Å². The van der Waals surface area contributed by atoms with E-state index < -0.39 is 17.6 Å². The molecule has 0 aliphatic heterocycles. The zero-order chi connectivity index (χ0) is 20.0. The highest BCUT2D eigenvalue weighted by Crippen LogP contribution is 2.28. The summed E-state index contributed by atoms with van der Waals surface area (Å²) < 4.78 is 42.9. The molecule has 0 bridgehead atoms. The Hall–Kier alpha value is -2.83. The lowest BCUT2D eigenvalue weighted by Crippen LogP contribution is -2.24. The van der Waals surface area contributed by atoms with Gasteiger partial charge in [-0.3, -0.25) is 4.79 Å². The number of carbonyl (C=O) groups is 1. The fourth-order valence-electron chi connectivity index (χ4n) is 2.50. The number of nitrogens with zero attached hydrogens (tertiary/aromatic N) is 1. The number of nitrogens with one attached hydrogen (secondary N) is 1. The van der Waals surface area contributed by atoms with Crippen LogP contribution in [0.3, 0.4) is 0 Å². The first-order chi connectivity index (χ1) is 12.7. The summed E-state index contributed by atoms with van der Waals surface area (Å²) in [6, 6.07) is 10.1. The minimum absolute atomic E-state index is 0.217. The van der Waals surface area contributed by atoms with E-state index in [0.717, 1.165) is 17.7 Å². The van der Waals surface area contributed by atoms with Crippen LogP contribution in [0.25, 0.3) is 0 Å². The largest absolute Gasteiger partial charge is 0.484 e.